The molecule has 1 aliphatic rings. The Hall–Kier alpha value is -1.35. The van der Waals surface area contributed by atoms with Gasteiger partial charge >= 0.3 is 0 Å². The van der Waals surface area contributed by atoms with E-state index in [0.717, 1.165) is 23.7 Å². The molecule has 1 unspecified atom stereocenters. The third-order valence-electron chi connectivity index (χ3n) is 5.22. The second kappa shape index (κ2) is 8.84. The van der Waals surface area contributed by atoms with Gasteiger partial charge in [-0.1, -0.05) is 66.9 Å². The molecule has 0 N–H and O–H groups in total. The monoisotopic (exact) mass is 357 g/mol. The van der Waals surface area contributed by atoms with E-state index in [1.165, 1.54) is 44.3 Å². The van der Waals surface area contributed by atoms with Crippen LogP contribution >= 0.6 is 11.6 Å². The van der Waals surface area contributed by atoms with E-state index in [1.807, 2.05) is 18.2 Å². The first-order chi connectivity index (χ1) is 12.2. The first-order valence-corrected chi connectivity index (χ1v) is 9.74. The van der Waals surface area contributed by atoms with Crippen molar-refractivity contribution in [1.82, 2.24) is 4.90 Å². The molecule has 0 radical (unpaired) electrons. The average Bonchev–Trinajstić information content (AvgIpc) is 2.92. The van der Waals surface area contributed by atoms with Crippen LogP contribution in [0.2, 0.25) is 5.02 Å². The highest BCUT2D eigenvalue weighted by Crippen LogP contribution is 2.34. The molecule has 134 valence electrons. The Morgan fingerprint density at radius 3 is 2.12 bits per heavy atom. The van der Waals surface area contributed by atoms with Crippen LogP contribution in [-0.2, 0) is 10.3 Å². The van der Waals surface area contributed by atoms with Crippen LogP contribution < -0.4 is 0 Å². The molecule has 1 heterocycles. The number of rotatable bonds is 6. The van der Waals surface area contributed by atoms with Crippen LogP contribution in [-0.4, -0.2) is 31.1 Å². The maximum atomic E-state index is 6.50. The lowest BCUT2D eigenvalue weighted by molar-refractivity contribution is -0.0141. The highest BCUT2D eigenvalue weighted by molar-refractivity contribution is 6.30. The predicted molar refractivity (Wildman–Crippen MR) is 105 cm³/mol. The Morgan fingerprint density at radius 2 is 1.48 bits per heavy atom. The van der Waals surface area contributed by atoms with E-state index in [0.29, 0.717) is 0 Å². The molecule has 1 saturated heterocycles. The van der Waals surface area contributed by atoms with Crippen LogP contribution in [0, 0.1) is 0 Å². The lowest BCUT2D eigenvalue weighted by Crippen LogP contribution is -2.34. The first kappa shape index (κ1) is 18.4. The fourth-order valence-corrected chi connectivity index (χ4v) is 3.72. The van der Waals surface area contributed by atoms with Gasteiger partial charge in [0.25, 0.3) is 0 Å². The molecule has 0 spiro atoms. The van der Waals surface area contributed by atoms with Gasteiger partial charge in [-0.15, -0.1) is 0 Å². The fourth-order valence-electron chi connectivity index (χ4n) is 3.60. The van der Waals surface area contributed by atoms with Gasteiger partial charge < -0.3 is 9.64 Å². The van der Waals surface area contributed by atoms with Gasteiger partial charge in [0.1, 0.15) is 5.60 Å². The summed E-state index contributed by atoms with van der Waals surface area (Å²) in [7, 11) is 0. The van der Waals surface area contributed by atoms with Crippen molar-refractivity contribution in [1.29, 1.82) is 0 Å². The summed E-state index contributed by atoms with van der Waals surface area (Å²) in [5.74, 6) is 0. The maximum absolute atomic E-state index is 6.50. The summed E-state index contributed by atoms with van der Waals surface area (Å²) in [5, 5.41) is 0.753. The summed E-state index contributed by atoms with van der Waals surface area (Å²) < 4.78 is 6.50. The second-order valence-corrected chi connectivity index (χ2v) is 7.45. The molecule has 2 nitrogen and oxygen atoms in total. The summed E-state index contributed by atoms with van der Waals surface area (Å²) in [4.78, 5) is 2.54. The molecule has 25 heavy (non-hydrogen) atoms. The minimum Gasteiger partial charge on any atom is -0.365 e. The lowest BCUT2D eigenvalue weighted by atomic mass is 9.88. The van der Waals surface area contributed by atoms with Crippen molar-refractivity contribution in [2.75, 3.05) is 26.2 Å². The zero-order valence-electron chi connectivity index (χ0n) is 15.1. The molecule has 0 saturated carbocycles. The lowest BCUT2D eigenvalue weighted by Gasteiger charge is -2.32. The summed E-state index contributed by atoms with van der Waals surface area (Å²) in [6.45, 7) is 6.29. The van der Waals surface area contributed by atoms with Crippen molar-refractivity contribution < 1.29 is 4.74 Å². The maximum Gasteiger partial charge on any atom is 0.115 e. The van der Waals surface area contributed by atoms with Crippen molar-refractivity contribution in [2.45, 2.75) is 38.2 Å². The largest absolute Gasteiger partial charge is 0.365 e. The van der Waals surface area contributed by atoms with Crippen molar-refractivity contribution >= 4 is 11.6 Å². The molecule has 2 aromatic rings. The third kappa shape index (κ3) is 4.84. The van der Waals surface area contributed by atoms with Crippen LogP contribution in [0.15, 0.2) is 54.6 Å². The quantitative estimate of drug-likeness (QED) is 0.677. The average molecular weight is 358 g/mol. The van der Waals surface area contributed by atoms with Crippen molar-refractivity contribution in [3.05, 3.63) is 70.7 Å². The minimum absolute atomic E-state index is 0.461. The summed E-state index contributed by atoms with van der Waals surface area (Å²) >= 11 is 6.08. The number of likely N-dealkylation sites (tertiary alicyclic amines) is 1. The van der Waals surface area contributed by atoms with E-state index in [-0.39, 0.29) is 0 Å². The molecule has 2 aromatic carbocycles. The van der Waals surface area contributed by atoms with Gasteiger partial charge in [-0.05, 0) is 56.1 Å². The molecule has 3 rings (SSSR count). The number of hydrogen-bond donors (Lipinski definition) is 0. The van der Waals surface area contributed by atoms with E-state index in [4.69, 9.17) is 16.3 Å². The van der Waals surface area contributed by atoms with Crippen molar-refractivity contribution in [3.63, 3.8) is 0 Å². The molecule has 0 aromatic heterocycles. The zero-order valence-corrected chi connectivity index (χ0v) is 15.8. The smallest absolute Gasteiger partial charge is 0.115 e. The van der Waals surface area contributed by atoms with E-state index < -0.39 is 5.60 Å². The number of nitrogens with zero attached hydrogens (tertiary/aromatic N) is 1. The van der Waals surface area contributed by atoms with Gasteiger partial charge in [0, 0.05) is 11.6 Å². The summed E-state index contributed by atoms with van der Waals surface area (Å²) in [5.41, 5.74) is 1.85. The molecule has 3 heteroatoms. The SMILES string of the molecule is CC(OCCN1CCCCCC1)(c1ccccc1)c1ccc(Cl)cc1. The standard InChI is InChI=1S/C22H28ClNO/c1-22(19-9-5-4-6-10-19,20-11-13-21(23)14-12-20)25-18-17-24-15-7-2-3-8-16-24/h4-6,9-14H,2-3,7-8,15-18H2,1H3. The second-order valence-electron chi connectivity index (χ2n) is 7.01. The zero-order chi connectivity index (χ0) is 17.5. The Morgan fingerprint density at radius 1 is 0.880 bits per heavy atom. The topological polar surface area (TPSA) is 12.5 Å². The number of halogens is 1. The molecule has 1 aliphatic heterocycles. The molecule has 1 atom stereocenters. The number of benzene rings is 2. The Labute approximate surface area is 156 Å². The van der Waals surface area contributed by atoms with E-state index in [1.54, 1.807) is 0 Å². The highest BCUT2D eigenvalue weighted by atomic mass is 35.5. The Balaban J connectivity index is 1.73. The van der Waals surface area contributed by atoms with E-state index in [9.17, 15) is 0 Å². The van der Waals surface area contributed by atoms with Gasteiger partial charge in [0.15, 0.2) is 0 Å². The summed E-state index contributed by atoms with van der Waals surface area (Å²) in [6, 6.07) is 18.5. The van der Waals surface area contributed by atoms with Crippen molar-refractivity contribution in [2.24, 2.45) is 0 Å². The van der Waals surface area contributed by atoms with Crippen LogP contribution in [0.5, 0.6) is 0 Å². The van der Waals surface area contributed by atoms with Crippen LogP contribution in [0.1, 0.15) is 43.7 Å². The van der Waals surface area contributed by atoms with Gasteiger partial charge in [-0.2, -0.15) is 0 Å². The fraction of sp³-hybridized carbons (Fsp3) is 0.455. The molecule has 0 aliphatic carbocycles. The van der Waals surface area contributed by atoms with Gasteiger partial charge in [-0.3, -0.25) is 0 Å². The van der Waals surface area contributed by atoms with Gasteiger partial charge in [-0.25, -0.2) is 0 Å². The molecular formula is C22H28ClNO. The van der Waals surface area contributed by atoms with E-state index in [2.05, 4.69) is 48.2 Å². The highest BCUT2D eigenvalue weighted by Gasteiger charge is 2.30. The Kier molecular flexibility index (Phi) is 6.52. The van der Waals surface area contributed by atoms with Gasteiger partial charge in [0.2, 0.25) is 0 Å². The molecular weight excluding hydrogens is 330 g/mol. The van der Waals surface area contributed by atoms with Crippen LogP contribution in [0.3, 0.4) is 0 Å². The van der Waals surface area contributed by atoms with Crippen molar-refractivity contribution in [3.8, 4) is 0 Å². The number of ether oxygens (including phenoxy) is 1. The Bertz CT molecular complexity index is 635. The van der Waals surface area contributed by atoms with Crippen LogP contribution in [0.25, 0.3) is 0 Å². The first-order valence-electron chi connectivity index (χ1n) is 9.36. The number of hydrogen-bond acceptors (Lipinski definition) is 2. The van der Waals surface area contributed by atoms with E-state index >= 15 is 0 Å². The normalized spacial score (nSPS) is 18.5. The predicted octanol–water partition coefficient (Wildman–Crippen LogP) is 5.50. The third-order valence-corrected chi connectivity index (χ3v) is 5.47. The molecule has 1 fully saturated rings. The molecule has 0 amide bonds. The summed E-state index contributed by atoms with van der Waals surface area (Å²) in [6.07, 6.45) is 5.36. The molecule has 0 bridgehead atoms. The minimum atomic E-state index is -0.461. The van der Waals surface area contributed by atoms with Crippen LogP contribution in [0.4, 0.5) is 0 Å². The van der Waals surface area contributed by atoms with Gasteiger partial charge in [0.05, 0.1) is 6.61 Å².